The van der Waals surface area contributed by atoms with Crippen LogP contribution in [0, 0.1) is 0 Å². The minimum absolute atomic E-state index is 0.0174. The lowest BCUT2D eigenvalue weighted by Crippen LogP contribution is -2.28. The van der Waals surface area contributed by atoms with Gasteiger partial charge >= 0.3 is 0 Å². The highest BCUT2D eigenvalue weighted by Crippen LogP contribution is 2.35. The Morgan fingerprint density at radius 2 is 2.33 bits per heavy atom. The minimum atomic E-state index is -0.181. The minimum Gasteiger partial charge on any atom is -0.454 e. The predicted molar refractivity (Wildman–Crippen MR) is 64.3 cm³/mol. The van der Waals surface area contributed by atoms with Crippen LogP contribution in [0.2, 0.25) is 0 Å². The number of ether oxygens (including phenoxy) is 3. The zero-order chi connectivity index (χ0) is 12.8. The summed E-state index contributed by atoms with van der Waals surface area (Å²) in [6, 6.07) is 5.58. The van der Waals surface area contributed by atoms with Crippen molar-refractivity contribution in [3.63, 3.8) is 0 Å². The molecule has 1 amide bonds. The molecule has 0 fully saturated rings. The van der Waals surface area contributed by atoms with Gasteiger partial charge in [0.15, 0.2) is 11.5 Å². The maximum absolute atomic E-state index is 11.4. The van der Waals surface area contributed by atoms with Gasteiger partial charge in [0.25, 0.3) is 0 Å². The highest BCUT2D eigenvalue weighted by Gasteiger charge is 2.17. The number of carbonyl (C=O) groups excluding carboxylic acids is 1. The van der Waals surface area contributed by atoms with Gasteiger partial charge in [-0.15, -0.1) is 0 Å². The molecule has 0 atom stereocenters. The molecule has 98 valence electrons. The van der Waals surface area contributed by atoms with E-state index in [4.69, 9.17) is 19.9 Å². The lowest BCUT2D eigenvalue weighted by Gasteiger charge is -2.08. The highest BCUT2D eigenvalue weighted by atomic mass is 16.7. The highest BCUT2D eigenvalue weighted by molar-refractivity contribution is 5.77. The largest absolute Gasteiger partial charge is 0.454 e. The van der Waals surface area contributed by atoms with E-state index in [1.165, 1.54) is 0 Å². The molecule has 0 aromatic heterocycles. The SMILES string of the molecule is NCCOCC(=O)NCc1cccc2c1OCO2. The zero-order valence-corrected chi connectivity index (χ0v) is 9.98. The summed E-state index contributed by atoms with van der Waals surface area (Å²) in [5.74, 6) is 1.22. The first-order chi connectivity index (χ1) is 8.81. The molecule has 0 saturated heterocycles. The Balaban J connectivity index is 1.83. The van der Waals surface area contributed by atoms with Crippen LogP contribution in [0.1, 0.15) is 5.56 Å². The maximum Gasteiger partial charge on any atom is 0.246 e. The van der Waals surface area contributed by atoms with E-state index in [0.29, 0.717) is 31.2 Å². The third-order valence-electron chi connectivity index (χ3n) is 2.45. The van der Waals surface area contributed by atoms with Crippen molar-refractivity contribution in [2.45, 2.75) is 6.54 Å². The van der Waals surface area contributed by atoms with Crippen LogP contribution >= 0.6 is 0 Å². The Kier molecular flexibility index (Phi) is 4.38. The molecule has 0 unspecified atom stereocenters. The number of nitrogens with one attached hydrogen (secondary N) is 1. The van der Waals surface area contributed by atoms with E-state index in [-0.39, 0.29) is 19.3 Å². The molecular weight excluding hydrogens is 236 g/mol. The first kappa shape index (κ1) is 12.7. The molecule has 1 aromatic carbocycles. The predicted octanol–water partition coefficient (Wildman–Crippen LogP) is 0.00680. The smallest absolute Gasteiger partial charge is 0.246 e. The molecule has 0 saturated carbocycles. The van der Waals surface area contributed by atoms with E-state index in [0.717, 1.165) is 5.56 Å². The van der Waals surface area contributed by atoms with Gasteiger partial charge in [-0.05, 0) is 6.07 Å². The second-order valence-electron chi connectivity index (χ2n) is 3.77. The van der Waals surface area contributed by atoms with E-state index in [1.54, 1.807) is 0 Å². The van der Waals surface area contributed by atoms with Gasteiger partial charge in [-0.2, -0.15) is 0 Å². The molecule has 18 heavy (non-hydrogen) atoms. The second-order valence-corrected chi connectivity index (χ2v) is 3.77. The average molecular weight is 252 g/mol. The Morgan fingerprint density at radius 3 is 3.17 bits per heavy atom. The Labute approximate surface area is 105 Å². The lowest BCUT2D eigenvalue weighted by atomic mass is 10.2. The summed E-state index contributed by atoms with van der Waals surface area (Å²) < 4.78 is 15.6. The molecule has 0 aliphatic carbocycles. The molecular formula is C12H16N2O4. The van der Waals surface area contributed by atoms with Gasteiger partial charge in [-0.1, -0.05) is 12.1 Å². The van der Waals surface area contributed by atoms with Crippen molar-refractivity contribution in [2.75, 3.05) is 26.6 Å². The van der Waals surface area contributed by atoms with Gasteiger partial charge in [0, 0.05) is 18.7 Å². The van der Waals surface area contributed by atoms with Crippen LogP contribution < -0.4 is 20.5 Å². The van der Waals surface area contributed by atoms with Crippen LogP contribution in [0.25, 0.3) is 0 Å². The molecule has 1 heterocycles. The van der Waals surface area contributed by atoms with Gasteiger partial charge in [-0.3, -0.25) is 4.79 Å². The van der Waals surface area contributed by atoms with Crippen molar-refractivity contribution >= 4 is 5.91 Å². The van der Waals surface area contributed by atoms with Crippen molar-refractivity contribution in [2.24, 2.45) is 5.73 Å². The van der Waals surface area contributed by atoms with Crippen LogP contribution in [0.15, 0.2) is 18.2 Å². The molecule has 6 nitrogen and oxygen atoms in total. The molecule has 1 aromatic rings. The number of amides is 1. The van der Waals surface area contributed by atoms with Crippen molar-refractivity contribution < 1.29 is 19.0 Å². The lowest BCUT2D eigenvalue weighted by molar-refractivity contribution is -0.125. The first-order valence-electron chi connectivity index (χ1n) is 5.73. The quantitative estimate of drug-likeness (QED) is 0.697. The number of carbonyl (C=O) groups is 1. The van der Waals surface area contributed by atoms with Crippen LogP contribution in [0.3, 0.4) is 0 Å². The summed E-state index contributed by atoms with van der Waals surface area (Å²) in [5.41, 5.74) is 6.14. The van der Waals surface area contributed by atoms with Crippen LogP contribution in [0.4, 0.5) is 0 Å². The van der Waals surface area contributed by atoms with Crippen molar-refractivity contribution in [3.8, 4) is 11.5 Å². The average Bonchev–Trinajstić information content (AvgIpc) is 2.85. The van der Waals surface area contributed by atoms with Gasteiger partial charge < -0.3 is 25.3 Å². The van der Waals surface area contributed by atoms with E-state index < -0.39 is 0 Å². The van der Waals surface area contributed by atoms with Crippen LogP contribution in [-0.4, -0.2) is 32.5 Å². The van der Waals surface area contributed by atoms with Gasteiger partial charge in [0.2, 0.25) is 12.7 Å². The number of nitrogens with two attached hydrogens (primary N) is 1. The summed E-state index contributed by atoms with van der Waals surface area (Å²) in [6.45, 7) is 1.41. The summed E-state index contributed by atoms with van der Waals surface area (Å²) >= 11 is 0. The number of benzene rings is 1. The number of hydrogen-bond acceptors (Lipinski definition) is 5. The fourth-order valence-electron chi connectivity index (χ4n) is 1.62. The number of para-hydroxylation sites is 1. The second kappa shape index (κ2) is 6.23. The summed E-state index contributed by atoms with van der Waals surface area (Å²) in [5, 5.41) is 2.75. The first-order valence-corrected chi connectivity index (χ1v) is 5.73. The summed E-state index contributed by atoms with van der Waals surface area (Å²) in [4.78, 5) is 11.4. The number of hydrogen-bond donors (Lipinski definition) is 2. The normalized spacial score (nSPS) is 12.5. The van der Waals surface area contributed by atoms with Crippen molar-refractivity contribution in [1.82, 2.24) is 5.32 Å². The van der Waals surface area contributed by atoms with E-state index >= 15 is 0 Å². The third kappa shape index (κ3) is 3.12. The standard InChI is InChI=1S/C12H16N2O4/c13-4-5-16-7-11(15)14-6-9-2-1-3-10-12(9)18-8-17-10/h1-3H,4-8,13H2,(H,14,15). The summed E-state index contributed by atoms with van der Waals surface area (Å²) in [7, 11) is 0. The molecule has 1 aliphatic rings. The molecule has 3 N–H and O–H groups in total. The van der Waals surface area contributed by atoms with Crippen molar-refractivity contribution in [3.05, 3.63) is 23.8 Å². The van der Waals surface area contributed by atoms with E-state index in [2.05, 4.69) is 5.32 Å². The third-order valence-corrected chi connectivity index (χ3v) is 2.45. The fourth-order valence-corrected chi connectivity index (χ4v) is 1.62. The van der Waals surface area contributed by atoms with Gasteiger partial charge in [0.05, 0.1) is 6.61 Å². The molecule has 1 aliphatic heterocycles. The Morgan fingerprint density at radius 1 is 1.44 bits per heavy atom. The van der Waals surface area contributed by atoms with Crippen LogP contribution in [-0.2, 0) is 16.1 Å². The molecule has 6 heteroatoms. The number of rotatable bonds is 6. The van der Waals surface area contributed by atoms with Crippen molar-refractivity contribution in [1.29, 1.82) is 0 Å². The van der Waals surface area contributed by atoms with E-state index in [1.807, 2.05) is 18.2 Å². The number of fused-ring (bicyclic) bond motifs is 1. The fraction of sp³-hybridized carbons (Fsp3) is 0.417. The molecule has 0 spiro atoms. The molecule has 2 rings (SSSR count). The Bertz CT molecular complexity index is 423. The zero-order valence-electron chi connectivity index (χ0n) is 9.98. The van der Waals surface area contributed by atoms with Gasteiger partial charge in [0.1, 0.15) is 6.61 Å². The van der Waals surface area contributed by atoms with Gasteiger partial charge in [-0.25, -0.2) is 0 Å². The Hall–Kier alpha value is -1.79. The topological polar surface area (TPSA) is 82.8 Å². The van der Waals surface area contributed by atoms with E-state index in [9.17, 15) is 4.79 Å². The molecule has 0 radical (unpaired) electrons. The monoisotopic (exact) mass is 252 g/mol. The molecule has 0 bridgehead atoms. The van der Waals surface area contributed by atoms with Crippen LogP contribution in [0.5, 0.6) is 11.5 Å². The summed E-state index contributed by atoms with van der Waals surface area (Å²) in [6.07, 6.45) is 0. The maximum atomic E-state index is 11.4.